The second kappa shape index (κ2) is 6.16. The van der Waals surface area contributed by atoms with Crippen molar-refractivity contribution in [1.82, 2.24) is 0 Å². The molecule has 0 amide bonds. The third kappa shape index (κ3) is 3.35. The first-order valence-corrected chi connectivity index (χ1v) is 8.19. The SMILES string of the molecule is Cc1ccc(S(=O)(=O)/N=C\c2cc(Cl)c(O)c(Cl)c2O)cc1. The Kier molecular flexibility index (Phi) is 4.65. The molecule has 116 valence electrons. The topological polar surface area (TPSA) is 87.0 Å². The highest BCUT2D eigenvalue weighted by molar-refractivity contribution is 7.90. The summed E-state index contributed by atoms with van der Waals surface area (Å²) in [6.07, 6.45) is 0.918. The highest BCUT2D eigenvalue weighted by Crippen LogP contribution is 2.40. The summed E-state index contributed by atoms with van der Waals surface area (Å²) in [7, 11) is -3.92. The minimum atomic E-state index is -3.92. The van der Waals surface area contributed by atoms with E-state index in [1.54, 1.807) is 12.1 Å². The number of aryl methyl sites for hydroxylation is 1. The lowest BCUT2D eigenvalue weighted by molar-refractivity contribution is 0.450. The van der Waals surface area contributed by atoms with Crippen molar-refractivity contribution in [2.75, 3.05) is 0 Å². The molecular formula is C14H11Cl2NO4S. The summed E-state index contributed by atoms with van der Waals surface area (Å²) in [4.78, 5) is 0.0183. The summed E-state index contributed by atoms with van der Waals surface area (Å²) in [5, 5.41) is 18.7. The van der Waals surface area contributed by atoms with Gasteiger partial charge in [0.25, 0.3) is 10.0 Å². The Bertz CT molecular complexity index is 846. The second-order valence-electron chi connectivity index (χ2n) is 4.48. The van der Waals surface area contributed by atoms with Gasteiger partial charge in [-0.1, -0.05) is 40.9 Å². The summed E-state index contributed by atoms with van der Waals surface area (Å²) in [5.74, 6) is -0.995. The van der Waals surface area contributed by atoms with Gasteiger partial charge in [0.2, 0.25) is 0 Å². The first kappa shape index (κ1) is 16.6. The van der Waals surface area contributed by atoms with Crippen LogP contribution in [0.2, 0.25) is 10.0 Å². The molecule has 0 heterocycles. The zero-order chi connectivity index (χ0) is 16.5. The quantitative estimate of drug-likeness (QED) is 0.820. The van der Waals surface area contributed by atoms with E-state index in [9.17, 15) is 18.6 Å². The van der Waals surface area contributed by atoms with Gasteiger partial charge in [-0.15, -0.1) is 0 Å². The number of halogens is 2. The summed E-state index contributed by atoms with van der Waals surface area (Å²) in [6.45, 7) is 1.83. The molecule has 0 saturated carbocycles. The van der Waals surface area contributed by atoms with Gasteiger partial charge in [-0.25, -0.2) is 0 Å². The molecule has 0 saturated heterocycles. The molecule has 0 aliphatic rings. The van der Waals surface area contributed by atoms with E-state index >= 15 is 0 Å². The number of aromatic hydroxyl groups is 2. The minimum absolute atomic E-state index is 0.0183. The predicted octanol–water partition coefficient (Wildman–Crippen LogP) is 3.52. The Balaban J connectivity index is 2.42. The van der Waals surface area contributed by atoms with Crippen LogP contribution in [0.25, 0.3) is 0 Å². The van der Waals surface area contributed by atoms with Crippen LogP contribution in [0.3, 0.4) is 0 Å². The van der Waals surface area contributed by atoms with Crippen molar-refractivity contribution in [2.24, 2.45) is 4.40 Å². The summed E-state index contributed by atoms with van der Waals surface area (Å²) in [6, 6.07) is 7.31. The number of phenolic OH excluding ortho intramolecular Hbond substituents is 2. The average molecular weight is 360 g/mol. The van der Waals surface area contributed by atoms with E-state index in [0.717, 1.165) is 17.8 Å². The van der Waals surface area contributed by atoms with Crippen LogP contribution in [0, 0.1) is 6.92 Å². The van der Waals surface area contributed by atoms with Crippen LogP contribution in [0.5, 0.6) is 11.5 Å². The van der Waals surface area contributed by atoms with Crippen LogP contribution in [-0.2, 0) is 10.0 Å². The average Bonchev–Trinajstić information content (AvgIpc) is 2.48. The van der Waals surface area contributed by atoms with Crippen molar-refractivity contribution in [3.8, 4) is 11.5 Å². The van der Waals surface area contributed by atoms with Crippen molar-refractivity contribution in [1.29, 1.82) is 0 Å². The fourth-order valence-electron chi connectivity index (χ4n) is 1.61. The number of hydrogen-bond donors (Lipinski definition) is 2. The van der Waals surface area contributed by atoms with Gasteiger partial charge in [0, 0.05) is 5.56 Å². The molecule has 0 bridgehead atoms. The van der Waals surface area contributed by atoms with Gasteiger partial charge in [-0.2, -0.15) is 12.8 Å². The van der Waals surface area contributed by atoms with Crippen LogP contribution in [-0.4, -0.2) is 24.8 Å². The first-order chi connectivity index (χ1) is 10.2. The summed E-state index contributed by atoms with van der Waals surface area (Å²) >= 11 is 11.4. The second-order valence-corrected chi connectivity index (χ2v) is 6.90. The molecular weight excluding hydrogens is 349 g/mol. The maximum Gasteiger partial charge on any atom is 0.282 e. The Morgan fingerprint density at radius 2 is 1.68 bits per heavy atom. The Morgan fingerprint density at radius 3 is 2.27 bits per heavy atom. The molecule has 2 N–H and O–H groups in total. The van der Waals surface area contributed by atoms with E-state index in [0.29, 0.717) is 0 Å². The van der Waals surface area contributed by atoms with Crippen LogP contribution in [0.1, 0.15) is 11.1 Å². The van der Waals surface area contributed by atoms with Gasteiger partial charge in [-0.3, -0.25) is 0 Å². The molecule has 2 rings (SSSR count). The molecule has 2 aromatic carbocycles. The van der Waals surface area contributed by atoms with Gasteiger partial charge < -0.3 is 10.2 Å². The van der Waals surface area contributed by atoms with Crippen molar-refractivity contribution in [2.45, 2.75) is 11.8 Å². The van der Waals surface area contributed by atoms with E-state index in [4.69, 9.17) is 23.2 Å². The largest absolute Gasteiger partial charge is 0.506 e. The van der Waals surface area contributed by atoms with E-state index in [1.165, 1.54) is 12.1 Å². The number of rotatable bonds is 3. The molecule has 0 atom stereocenters. The van der Waals surface area contributed by atoms with Gasteiger partial charge >= 0.3 is 0 Å². The van der Waals surface area contributed by atoms with Gasteiger partial charge in [0.1, 0.15) is 10.8 Å². The van der Waals surface area contributed by atoms with Gasteiger partial charge in [0.05, 0.1) is 16.1 Å². The van der Waals surface area contributed by atoms with Crippen LogP contribution < -0.4 is 0 Å². The Labute approximate surface area is 137 Å². The standard InChI is InChI=1S/C14H11Cl2NO4S/c1-8-2-4-10(5-3-8)22(20,21)17-7-9-6-11(15)14(19)12(16)13(9)18/h2-7,18-19H,1H3/b17-7-. The molecule has 0 fully saturated rings. The minimum Gasteiger partial charge on any atom is -0.506 e. The number of hydrogen-bond acceptors (Lipinski definition) is 4. The number of nitrogens with zero attached hydrogens (tertiary/aromatic N) is 1. The molecule has 5 nitrogen and oxygen atoms in total. The highest BCUT2D eigenvalue weighted by Gasteiger charge is 2.15. The predicted molar refractivity (Wildman–Crippen MR) is 85.8 cm³/mol. The fraction of sp³-hybridized carbons (Fsp3) is 0.0714. The molecule has 0 unspecified atom stereocenters. The zero-order valence-corrected chi connectivity index (χ0v) is 13.6. The molecule has 0 spiro atoms. The van der Waals surface area contributed by atoms with Crippen LogP contribution in [0.15, 0.2) is 39.6 Å². The molecule has 0 aromatic heterocycles. The van der Waals surface area contributed by atoms with E-state index in [1.807, 2.05) is 6.92 Å². The van der Waals surface area contributed by atoms with Crippen molar-refractivity contribution < 1.29 is 18.6 Å². The fourth-order valence-corrected chi connectivity index (χ4v) is 2.94. The van der Waals surface area contributed by atoms with Gasteiger partial charge in [-0.05, 0) is 25.1 Å². The number of benzene rings is 2. The van der Waals surface area contributed by atoms with Gasteiger partial charge in [0.15, 0.2) is 5.75 Å². The lowest BCUT2D eigenvalue weighted by Crippen LogP contribution is -1.98. The molecule has 0 aliphatic heterocycles. The van der Waals surface area contributed by atoms with E-state index in [-0.39, 0.29) is 20.5 Å². The van der Waals surface area contributed by atoms with E-state index < -0.39 is 21.5 Å². The number of sulfonamides is 1. The summed E-state index contributed by atoms with van der Waals surface area (Å²) in [5.41, 5.74) is 0.890. The molecule has 0 radical (unpaired) electrons. The van der Waals surface area contributed by atoms with Crippen LogP contribution in [0.4, 0.5) is 0 Å². The maximum atomic E-state index is 12.1. The molecule has 2 aromatic rings. The molecule has 0 aliphatic carbocycles. The summed E-state index contributed by atoms with van der Waals surface area (Å²) < 4.78 is 27.6. The van der Waals surface area contributed by atoms with Crippen molar-refractivity contribution in [3.05, 3.63) is 51.5 Å². The highest BCUT2D eigenvalue weighted by atomic mass is 35.5. The Morgan fingerprint density at radius 1 is 1.09 bits per heavy atom. The normalized spacial score (nSPS) is 12.0. The number of phenols is 2. The maximum absolute atomic E-state index is 12.1. The third-order valence-electron chi connectivity index (χ3n) is 2.85. The third-order valence-corrected chi connectivity index (χ3v) is 4.74. The van der Waals surface area contributed by atoms with Crippen molar-refractivity contribution in [3.63, 3.8) is 0 Å². The van der Waals surface area contributed by atoms with E-state index in [2.05, 4.69) is 4.40 Å². The molecule has 8 heteroatoms. The van der Waals surface area contributed by atoms with Crippen molar-refractivity contribution >= 4 is 39.4 Å². The van der Waals surface area contributed by atoms with Crippen LogP contribution >= 0.6 is 23.2 Å². The molecule has 22 heavy (non-hydrogen) atoms. The first-order valence-electron chi connectivity index (χ1n) is 5.99. The lowest BCUT2D eigenvalue weighted by Gasteiger charge is -2.05. The smallest absolute Gasteiger partial charge is 0.282 e. The monoisotopic (exact) mass is 359 g/mol. The zero-order valence-electron chi connectivity index (χ0n) is 11.3. The lowest BCUT2D eigenvalue weighted by atomic mass is 10.2. The Hall–Kier alpha value is -1.76.